The van der Waals surface area contributed by atoms with Gasteiger partial charge in [0.15, 0.2) is 5.65 Å². The summed E-state index contributed by atoms with van der Waals surface area (Å²) in [6, 6.07) is 0.255. The average Bonchev–Trinajstić information content (AvgIpc) is 3.38. The van der Waals surface area contributed by atoms with E-state index in [1.807, 2.05) is 17.6 Å². The average molecular weight is 371 g/mol. The molecule has 0 atom stereocenters. The Balaban J connectivity index is 1.24. The quantitative estimate of drug-likeness (QED) is 0.836. The van der Waals surface area contributed by atoms with Gasteiger partial charge in [0, 0.05) is 37.8 Å². The lowest BCUT2D eigenvalue weighted by atomic mass is 10.1. The van der Waals surface area contributed by atoms with Crippen molar-refractivity contribution < 1.29 is 9.53 Å². The summed E-state index contributed by atoms with van der Waals surface area (Å²) in [5, 5.41) is 11.1. The summed E-state index contributed by atoms with van der Waals surface area (Å²) in [5.41, 5.74) is 2.15. The number of hydrogen-bond acceptors (Lipinski definition) is 7. The lowest BCUT2D eigenvalue weighted by molar-refractivity contribution is 0.0347. The van der Waals surface area contributed by atoms with Crippen molar-refractivity contribution in [1.82, 2.24) is 29.8 Å². The van der Waals surface area contributed by atoms with Gasteiger partial charge in [0.1, 0.15) is 11.9 Å². The van der Waals surface area contributed by atoms with Gasteiger partial charge in [0.05, 0.1) is 6.20 Å². The summed E-state index contributed by atoms with van der Waals surface area (Å²) in [4.78, 5) is 23.1. The number of carbonyl (C=O) groups is 1. The van der Waals surface area contributed by atoms with Gasteiger partial charge in [-0.05, 0) is 38.5 Å². The highest BCUT2D eigenvalue weighted by Crippen LogP contribution is 2.41. The predicted octanol–water partition coefficient (Wildman–Crippen LogP) is 1.29. The Morgan fingerprint density at radius 1 is 1.22 bits per heavy atom. The number of ether oxygens (including phenoxy) is 1. The van der Waals surface area contributed by atoms with Crippen LogP contribution in [-0.2, 0) is 4.74 Å². The molecule has 0 bridgehead atoms. The van der Waals surface area contributed by atoms with Gasteiger partial charge in [-0.2, -0.15) is 14.6 Å². The van der Waals surface area contributed by atoms with Crippen molar-refractivity contribution in [3.63, 3.8) is 0 Å². The molecule has 1 aliphatic carbocycles. The van der Waals surface area contributed by atoms with Crippen LogP contribution >= 0.6 is 0 Å². The first-order valence-electron chi connectivity index (χ1n) is 9.82. The fourth-order valence-electron chi connectivity index (χ4n) is 3.73. The Hall–Kier alpha value is -2.42. The van der Waals surface area contributed by atoms with Crippen molar-refractivity contribution in [1.29, 1.82) is 0 Å². The number of nitrogens with one attached hydrogen (secondary N) is 2. The molecule has 5 rings (SSSR count). The van der Waals surface area contributed by atoms with E-state index >= 15 is 0 Å². The number of piperidine rings is 1. The summed E-state index contributed by atoms with van der Waals surface area (Å²) in [7, 11) is 0. The highest BCUT2D eigenvalue weighted by atomic mass is 16.6. The van der Waals surface area contributed by atoms with Crippen molar-refractivity contribution in [2.24, 2.45) is 0 Å². The number of aryl methyl sites for hydroxylation is 1. The molecule has 4 heterocycles. The maximum Gasteiger partial charge on any atom is 0.410 e. The van der Waals surface area contributed by atoms with Gasteiger partial charge in [-0.3, -0.25) is 0 Å². The van der Waals surface area contributed by atoms with Crippen LogP contribution in [0.4, 0.5) is 10.7 Å². The summed E-state index contributed by atoms with van der Waals surface area (Å²) in [6.07, 6.45) is 5.93. The molecular weight excluding hydrogens is 346 g/mol. The molecule has 0 aromatic carbocycles. The monoisotopic (exact) mass is 371 g/mol. The van der Waals surface area contributed by atoms with Crippen molar-refractivity contribution >= 4 is 17.7 Å². The molecule has 2 aromatic heterocycles. The van der Waals surface area contributed by atoms with E-state index in [4.69, 9.17) is 4.74 Å². The number of aromatic nitrogens is 4. The summed E-state index contributed by atoms with van der Waals surface area (Å²) in [5.74, 6) is 2.10. The highest BCUT2D eigenvalue weighted by molar-refractivity contribution is 5.68. The first-order valence-corrected chi connectivity index (χ1v) is 9.82. The molecule has 1 amide bonds. The molecule has 9 heteroatoms. The zero-order chi connectivity index (χ0) is 18.4. The minimum Gasteiger partial charge on any atom is -0.443 e. The van der Waals surface area contributed by atoms with Gasteiger partial charge in [0.25, 0.3) is 0 Å². The fourth-order valence-corrected chi connectivity index (χ4v) is 3.73. The summed E-state index contributed by atoms with van der Waals surface area (Å²) >= 11 is 0. The molecule has 0 unspecified atom stereocenters. The van der Waals surface area contributed by atoms with Crippen LogP contribution in [0.3, 0.4) is 0 Å². The number of nitrogens with zero attached hydrogens (tertiary/aromatic N) is 5. The Morgan fingerprint density at radius 2 is 2.00 bits per heavy atom. The van der Waals surface area contributed by atoms with Crippen LogP contribution in [0.15, 0.2) is 6.20 Å². The van der Waals surface area contributed by atoms with Gasteiger partial charge in [-0.15, -0.1) is 0 Å². The third-order valence-corrected chi connectivity index (χ3v) is 5.62. The molecular formula is C18H25N7O2. The van der Waals surface area contributed by atoms with Crippen molar-refractivity contribution in [2.75, 3.05) is 31.5 Å². The number of likely N-dealkylation sites (tertiary alicyclic amines) is 1. The topological polar surface area (TPSA) is 96.7 Å². The summed E-state index contributed by atoms with van der Waals surface area (Å²) < 4.78 is 7.28. The minimum absolute atomic E-state index is 0.0334. The molecule has 3 aliphatic rings. The molecule has 0 radical (unpaired) electrons. The third kappa shape index (κ3) is 3.31. The number of hydrogen-bond donors (Lipinski definition) is 2. The Morgan fingerprint density at radius 3 is 2.67 bits per heavy atom. The maximum atomic E-state index is 12.2. The van der Waals surface area contributed by atoms with E-state index in [1.54, 1.807) is 4.90 Å². The largest absolute Gasteiger partial charge is 0.443 e. The Bertz CT molecular complexity index is 851. The van der Waals surface area contributed by atoms with Crippen LogP contribution in [0.5, 0.6) is 0 Å². The lowest BCUT2D eigenvalue weighted by Gasteiger charge is -2.34. The third-order valence-electron chi connectivity index (χ3n) is 5.62. The van der Waals surface area contributed by atoms with Crippen molar-refractivity contribution in [2.45, 2.75) is 50.7 Å². The van der Waals surface area contributed by atoms with Crippen LogP contribution in [0.2, 0.25) is 0 Å². The molecule has 2 saturated heterocycles. The van der Waals surface area contributed by atoms with Crippen molar-refractivity contribution in [3.05, 3.63) is 17.6 Å². The molecule has 0 spiro atoms. The molecule has 144 valence electrons. The molecule has 2 aromatic rings. The van der Waals surface area contributed by atoms with E-state index in [0.717, 1.165) is 43.4 Å². The zero-order valence-electron chi connectivity index (χ0n) is 15.5. The molecule has 9 nitrogen and oxygen atoms in total. The fraction of sp³-hybridized carbons (Fsp3) is 0.667. The minimum atomic E-state index is -0.193. The Kier molecular flexibility index (Phi) is 4.11. The van der Waals surface area contributed by atoms with Gasteiger partial charge < -0.3 is 20.3 Å². The Labute approximate surface area is 157 Å². The van der Waals surface area contributed by atoms with Gasteiger partial charge in [-0.1, -0.05) is 0 Å². The van der Waals surface area contributed by atoms with Gasteiger partial charge in [0.2, 0.25) is 5.95 Å². The zero-order valence-corrected chi connectivity index (χ0v) is 15.5. The molecule has 2 N–H and O–H groups in total. The van der Waals surface area contributed by atoms with Crippen LogP contribution < -0.4 is 10.6 Å². The van der Waals surface area contributed by atoms with E-state index < -0.39 is 0 Å². The summed E-state index contributed by atoms with van der Waals surface area (Å²) in [6.45, 7) is 4.83. The molecule has 1 saturated carbocycles. The normalized spacial score (nSPS) is 21.3. The second-order valence-corrected chi connectivity index (χ2v) is 7.77. The van der Waals surface area contributed by atoms with Crippen LogP contribution in [0.25, 0.3) is 5.65 Å². The maximum absolute atomic E-state index is 12.2. The van der Waals surface area contributed by atoms with Gasteiger partial charge >= 0.3 is 6.09 Å². The molecule has 2 aliphatic heterocycles. The van der Waals surface area contributed by atoms with Gasteiger partial charge in [-0.25, -0.2) is 9.78 Å². The highest BCUT2D eigenvalue weighted by Gasteiger charge is 2.30. The van der Waals surface area contributed by atoms with Crippen LogP contribution in [0, 0.1) is 6.92 Å². The smallest absolute Gasteiger partial charge is 0.410 e. The standard InChI is InChI=1S/C18H25N7O2/c1-11-21-16-15(12-2-3-12)10-20-25(16)17(22-11)23-13-4-6-24(7-5-13)18(26)27-14-8-19-9-14/h10,12-14,19H,2-9H2,1H3,(H,21,22,23). The van der Waals surface area contributed by atoms with Crippen LogP contribution in [-0.4, -0.2) is 68.9 Å². The van der Waals surface area contributed by atoms with Crippen molar-refractivity contribution in [3.8, 4) is 0 Å². The lowest BCUT2D eigenvalue weighted by Crippen LogP contribution is -2.52. The first kappa shape index (κ1) is 16.7. The van der Waals surface area contributed by atoms with E-state index in [-0.39, 0.29) is 18.2 Å². The van der Waals surface area contributed by atoms with E-state index in [0.29, 0.717) is 19.0 Å². The SMILES string of the molecule is Cc1nc(NC2CCN(C(=O)OC3CNC3)CC2)n2ncc(C3CC3)c2n1. The predicted molar refractivity (Wildman–Crippen MR) is 98.9 cm³/mol. The second-order valence-electron chi connectivity index (χ2n) is 7.77. The molecule has 3 fully saturated rings. The number of anilines is 1. The van der Waals surface area contributed by atoms with Crippen LogP contribution in [0.1, 0.15) is 43.0 Å². The first-order chi connectivity index (χ1) is 13.2. The number of amides is 1. The second kappa shape index (κ2) is 6.63. The number of fused-ring (bicyclic) bond motifs is 1. The number of rotatable bonds is 4. The van der Waals surface area contributed by atoms with E-state index in [9.17, 15) is 4.79 Å². The molecule has 27 heavy (non-hydrogen) atoms. The van der Waals surface area contributed by atoms with E-state index in [2.05, 4.69) is 25.7 Å². The number of carbonyl (C=O) groups excluding carboxylic acids is 1. The van der Waals surface area contributed by atoms with E-state index in [1.165, 1.54) is 18.4 Å².